The van der Waals surface area contributed by atoms with Gasteiger partial charge in [0.1, 0.15) is 5.75 Å². The van der Waals surface area contributed by atoms with Gasteiger partial charge in [0.25, 0.3) is 5.91 Å². The van der Waals surface area contributed by atoms with E-state index in [9.17, 15) is 9.59 Å². The topological polar surface area (TPSA) is 86.2 Å². The molecule has 0 saturated heterocycles. The second-order valence-electron chi connectivity index (χ2n) is 7.49. The van der Waals surface area contributed by atoms with Crippen molar-refractivity contribution in [1.82, 2.24) is 5.43 Å². The number of ether oxygens (including phenoxy) is 3. The third-order valence-electron chi connectivity index (χ3n) is 4.73. The van der Waals surface area contributed by atoms with E-state index in [1.165, 1.54) is 6.21 Å². The smallest absolute Gasteiger partial charge is 0.343 e. The van der Waals surface area contributed by atoms with Gasteiger partial charge in [0.05, 0.1) is 18.4 Å². The molecule has 1 amide bonds. The maximum absolute atomic E-state index is 12.4. The number of hydrogen-bond donors (Lipinski definition) is 1. The minimum atomic E-state index is -0.502. The van der Waals surface area contributed by atoms with Crippen molar-refractivity contribution in [3.8, 4) is 17.2 Å². The maximum Gasteiger partial charge on any atom is 0.343 e. The third kappa shape index (κ3) is 7.56. The molecular weight excluding hydrogens is 536 g/mol. The maximum atomic E-state index is 12.4. The van der Waals surface area contributed by atoms with Crippen molar-refractivity contribution >= 4 is 45.6 Å². The summed E-state index contributed by atoms with van der Waals surface area (Å²) in [6.07, 6.45) is 1.46. The Bertz CT molecular complexity index is 1220. The van der Waals surface area contributed by atoms with Gasteiger partial charge in [-0.2, -0.15) is 5.10 Å². The van der Waals surface area contributed by atoms with Crippen LogP contribution >= 0.6 is 27.5 Å². The van der Waals surface area contributed by atoms with Gasteiger partial charge in [-0.05, 0) is 92.1 Å². The SMILES string of the molecule is CCOc1cc(/C=N/NC(=O)COc2cc(C)c(Cl)c(C)c2)ccc1OC(=O)c1ccc(Br)cc1. The summed E-state index contributed by atoms with van der Waals surface area (Å²) in [4.78, 5) is 24.5. The molecule has 0 fully saturated rings. The van der Waals surface area contributed by atoms with Crippen molar-refractivity contribution in [3.05, 3.63) is 86.3 Å². The lowest BCUT2D eigenvalue weighted by atomic mass is 10.1. The molecule has 182 valence electrons. The molecule has 3 aromatic carbocycles. The number of hydrazone groups is 1. The van der Waals surface area contributed by atoms with Gasteiger partial charge in [0.2, 0.25) is 0 Å². The van der Waals surface area contributed by atoms with Crippen LogP contribution in [0.2, 0.25) is 5.02 Å². The van der Waals surface area contributed by atoms with Crippen LogP contribution < -0.4 is 19.6 Å². The number of amides is 1. The van der Waals surface area contributed by atoms with Crippen molar-refractivity contribution in [3.63, 3.8) is 0 Å². The molecule has 0 aliphatic heterocycles. The summed E-state index contributed by atoms with van der Waals surface area (Å²) in [5.74, 6) is 0.293. The van der Waals surface area contributed by atoms with E-state index in [2.05, 4.69) is 26.5 Å². The molecule has 0 saturated carbocycles. The summed E-state index contributed by atoms with van der Waals surface area (Å²) < 4.78 is 17.5. The van der Waals surface area contributed by atoms with Crippen molar-refractivity contribution < 1.29 is 23.8 Å². The molecule has 3 rings (SSSR count). The van der Waals surface area contributed by atoms with Crippen LogP contribution in [-0.2, 0) is 4.79 Å². The molecule has 9 heteroatoms. The third-order valence-corrected chi connectivity index (χ3v) is 5.86. The Morgan fingerprint density at radius 3 is 2.34 bits per heavy atom. The Hall–Kier alpha value is -3.36. The number of esters is 1. The highest BCUT2D eigenvalue weighted by atomic mass is 79.9. The molecule has 0 spiro atoms. The van der Waals surface area contributed by atoms with Gasteiger partial charge in [-0.15, -0.1) is 0 Å². The number of rotatable bonds is 9. The fourth-order valence-electron chi connectivity index (χ4n) is 3.05. The fraction of sp³-hybridized carbons (Fsp3) is 0.192. The first kappa shape index (κ1) is 26.2. The minimum absolute atomic E-state index is 0.201. The number of hydrogen-bond acceptors (Lipinski definition) is 6. The first-order chi connectivity index (χ1) is 16.8. The quantitative estimate of drug-likeness (QED) is 0.153. The van der Waals surface area contributed by atoms with Crippen molar-refractivity contribution in [2.45, 2.75) is 20.8 Å². The summed E-state index contributed by atoms with van der Waals surface area (Å²) in [6.45, 7) is 5.74. The molecule has 0 aromatic heterocycles. The predicted octanol–water partition coefficient (Wildman–Crippen LogP) is 5.87. The number of carbonyl (C=O) groups excluding carboxylic acids is 2. The van der Waals surface area contributed by atoms with Crippen LogP contribution in [0.5, 0.6) is 17.2 Å². The Kier molecular flexibility index (Phi) is 9.28. The average Bonchev–Trinajstić information content (AvgIpc) is 2.83. The highest BCUT2D eigenvalue weighted by Crippen LogP contribution is 2.29. The Balaban J connectivity index is 1.59. The zero-order valence-corrected chi connectivity index (χ0v) is 21.8. The second-order valence-corrected chi connectivity index (χ2v) is 8.78. The lowest BCUT2D eigenvalue weighted by Gasteiger charge is -2.11. The molecule has 0 aliphatic carbocycles. The zero-order chi connectivity index (χ0) is 25.4. The molecule has 0 atom stereocenters. The van der Waals surface area contributed by atoms with Crippen LogP contribution in [0.3, 0.4) is 0 Å². The average molecular weight is 560 g/mol. The van der Waals surface area contributed by atoms with Crippen LogP contribution in [0.25, 0.3) is 0 Å². The molecule has 3 aromatic rings. The standard InChI is InChI=1S/C26H24BrClN2O5/c1-4-33-23-13-18(5-10-22(23)35-26(32)19-6-8-20(27)9-7-19)14-29-30-24(31)15-34-21-11-16(2)25(28)17(3)12-21/h5-14H,4,15H2,1-3H3,(H,30,31)/b29-14+. The number of aryl methyl sites for hydroxylation is 2. The van der Waals surface area contributed by atoms with E-state index in [0.29, 0.717) is 34.3 Å². The van der Waals surface area contributed by atoms with Gasteiger partial charge < -0.3 is 14.2 Å². The number of nitrogens with zero attached hydrogens (tertiary/aromatic N) is 1. The lowest BCUT2D eigenvalue weighted by Crippen LogP contribution is -2.24. The van der Waals surface area contributed by atoms with Gasteiger partial charge in [0, 0.05) is 9.50 Å². The second kappa shape index (κ2) is 12.4. The highest BCUT2D eigenvalue weighted by Gasteiger charge is 2.13. The van der Waals surface area contributed by atoms with E-state index in [1.54, 1.807) is 54.6 Å². The van der Waals surface area contributed by atoms with Gasteiger partial charge in [-0.3, -0.25) is 4.79 Å². The van der Waals surface area contributed by atoms with Crippen molar-refractivity contribution in [1.29, 1.82) is 0 Å². The predicted molar refractivity (Wildman–Crippen MR) is 139 cm³/mol. The van der Waals surface area contributed by atoms with Crippen molar-refractivity contribution in [2.24, 2.45) is 5.10 Å². The fourth-order valence-corrected chi connectivity index (χ4v) is 3.43. The van der Waals surface area contributed by atoms with E-state index in [4.69, 9.17) is 25.8 Å². The van der Waals surface area contributed by atoms with Gasteiger partial charge in [-0.1, -0.05) is 27.5 Å². The molecular formula is C26H24BrClN2O5. The highest BCUT2D eigenvalue weighted by molar-refractivity contribution is 9.10. The van der Waals surface area contributed by atoms with Crippen molar-refractivity contribution in [2.75, 3.05) is 13.2 Å². The molecule has 0 radical (unpaired) electrons. The Labute approximate surface area is 217 Å². The van der Waals surface area contributed by atoms with Gasteiger partial charge in [0.15, 0.2) is 18.1 Å². The van der Waals surface area contributed by atoms with Crippen LogP contribution in [0.15, 0.2) is 64.2 Å². The van der Waals surface area contributed by atoms with Crippen LogP contribution in [0.4, 0.5) is 0 Å². The van der Waals surface area contributed by atoms with E-state index >= 15 is 0 Å². The number of carbonyl (C=O) groups is 2. The summed E-state index contributed by atoms with van der Waals surface area (Å²) in [7, 11) is 0. The number of nitrogens with one attached hydrogen (secondary N) is 1. The van der Waals surface area contributed by atoms with Gasteiger partial charge in [-0.25, -0.2) is 10.2 Å². The largest absolute Gasteiger partial charge is 0.490 e. The number of halogens is 2. The lowest BCUT2D eigenvalue weighted by molar-refractivity contribution is -0.123. The molecule has 35 heavy (non-hydrogen) atoms. The molecule has 0 heterocycles. The molecule has 0 bridgehead atoms. The van der Waals surface area contributed by atoms with E-state index in [0.717, 1.165) is 15.6 Å². The summed E-state index contributed by atoms with van der Waals surface area (Å²) in [5.41, 5.74) is 5.21. The first-order valence-corrected chi connectivity index (χ1v) is 11.9. The summed E-state index contributed by atoms with van der Waals surface area (Å²) >= 11 is 9.48. The van der Waals surface area contributed by atoms with E-state index in [1.807, 2.05) is 20.8 Å². The van der Waals surface area contributed by atoms with E-state index in [-0.39, 0.29) is 12.4 Å². The summed E-state index contributed by atoms with van der Waals surface area (Å²) in [6, 6.07) is 15.4. The van der Waals surface area contributed by atoms with Crippen LogP contribution in [0, 0.1) is 13.8 Å². The Morgan fingerprint density at radius 2 is 1.69 bits per heavy atom. The van der Waals surface area contributed by atoms with Crippen LogP contribution in [-0.4, -0.2) is 31.3 Å². The molecule has 7 nitrogen and oxygen atoms in total. The molecule has 0 unspecified atom stereocenters. The van der Waals surface area contributed by atoms with Gasteiger partial charge >= 0.3 is 5.97 Å². The van der Waals surface area contributed by atoms with E-state index < -0.39 is 11.9 Å². The summed E-state index contributed by atoms with van der Waals surface area (Å²) in [5, 5.41) is 4.63. The number of benzene rings is 3. The minimum Gasteiger partial charge on any atom is -0.490 e. The zero-order valence-electron chi connectivity index (χ0n) is 19.4. The first-order valence-electron chi connectivity index (χ1n) is 10.7. The molecule has 0 aliphatic rings. The molecule has 1 N–H and O–H groups in total. The monoisotopic (exact) mass is 558 g/mol. The van der Waals surface area contributed by atoms with Crippen LogP contribution in [0.1, 0.15) is 34.0 Å². The Morgan fingerprint density at radius 1 is 1.00 bits per heavy atom. The normalized spacial score (nSPS) is 10.8.